The van der Waals surface area contributed by atoms with Crippen molar-refractivity contribution in [1.29, 1.82) is 0 Å². The Morgan fingerprint density at radius 1 is 1.15 bits per heavy atom. The molecule has 2 aromatic heterocycles. The molecule has 0 atom stereocenters. The summed E-state index contributed by atoms with van der Waals surface area (Å²) in [5.41, 5.74) is 0.738. The topological polar surface area (TPSA) is 79.1 Å². The summed E-state index contributed by atoms with van der Waals surface area (Å²) in [5, 5.41) is 1.71. The summed E-state index contributed by atoms with van der Waals surface area (Å²) < 4.78 is 48.6. The molecule has 0 radical (unpaired) electrons. The van der Waals surface area contributed by atoms with Crippen molar-refractivity contribution in [2.24, 2.45) is 4.40 Å². The van der Waals surface area contributed by atoms with Gasteiger partial charge in [0, 0.05) is 13.2 Å². The van der Waals surface area contributed by atoms with Gasteiger partial charge in [0.1, 0.15) is 25.9 Å². The smallest absolute Gasteiger partial charge is 0.294 e. The van der Waals surface area contributed by atoms with Gasteiger partial charge < -0.3 is 18.8 Å². The normalized spacial score (nSPS) is 12.6. The molecule has 27 heavy (non-hydrogen) atoms. The van der Waals surface area contributed by atoms with E-state index in [0.717, 1.165) is 21.6 Å². The van der Waals surface area contributed by atoms with Crippen LogP contribution in [0.1, 0.15) is 6.92 Å². The fourth-order valence-corrected chi connectivity index (χ4v) is 5.93. The quantitative estimate of drug-likeness (QED) is 0.515. The maximum atomic E-state index is 12.7. The van der Waals surface area contributed by atoms with E-state index in [1.807, 2.05) is 11.5 Å². The number of nitrogens with zero attached hydrogens (tertiary/aromatic N) is 2. The van der Waals surface area contributed by atoms with E-state index >= 15 is 0 Å². The monoisotopic (exact) mass is 428 g/mol. The maximum Gasteiger partial charge on any atom is 0.294 e. The zero-order chi connectivity index (χ0) is 19.4. The molecule has 0 amide bonds. The maximum absolute atomic E-state index is 12.7. The Morgan fingerprint density at radius 2 is 1.89 bits per heavy atom. The van der Waals surface area contributed by atoms with Crippen molar-refractivity contribution in [1.82, 2.24) is 4.57 Å². The minimum atomic E-state index is -3.80. The largest absolute Gasteiger partial charge is 0.495 e. The average molecular weight is 429 g/mol. The van der Waals surface area contributed by atoms with Crippen LogP contribution < -0.4 is 14.3 Å². The number of benzene rings is 1. The number of thiazole rings is 1. The molecule has 7 nitrogen and oxygen atoms in total. The molecule has 1 aromatic carbocycles. The van der Waals surface area contributed by atoms with Gasteiger partial charge in [0.15, 0.2) is 0 Å². The van der Waals surface area contributed by atoms with Crippen LogP contribution in [0.4, 0.5) is 0 Å². The van der Waals surface area contributed by atoms with Gasteiger partial charge in [-0.3, -0.25) is 0 Å². The van der Waals surface area contributed by atoms with Crippen LogP contribution in [0.2, 0.25) is 0 Å². The predicted octanol–water partition coefficient (Wildman–Crippen LogP) is 3.11. The van der Waals surface area contributed by atoms with Crippen LogP contribution in [-0.4, -0.2) is 40.4 Å². The van der Waals surface area contributed by atoms with Crippen molar-refractivity contribution >= 4 is 42.9 Å². The summed E-state index contributed by atoms with van der Waals surface area (Å²) in [6, 6.07) is 6.82. The van der Waals surface area contributed by atoms with Gasteiger partial charge >= 0.3 is 0 Å². The lowest BCUT2D eigenvalue weighted by Gasteiger charge is -2.10. The molecular formula is C17H20N2O5S3. The molecule has 0 aliphatic carbocycles. The number of thiophene rings is 1. The van der Waals surface area contributed by atoms with Crippen LogP contribution in [0.15, 0.2) is 38.3 Å². The Balaban J connectivity index is 2.28. The number of hydrogen-bond acceptors (Lipinski definition) is 7. The van der Waals surface area contributed by atoms with Gasteiger partial charge in [-0.05, 0) is 30.5 Å². The lowest BCUT2D eigenvalue weighted by atomic mass is 10.3. The summed E-state index contributed by atoms with van der Waals surface area (Å²) in [5.74, 6) is 1.25. The highest BCUT2D eigenvalue weighted by atomic mass is 32.2. The third kappa shape index (κ3) is 4.03. The number of rotatable bonds is 8. The first-order valence-electron chi connectivity index (χ1n) is 8.18. The van der Waals surface area contributed by atoms with Crippen molar-refractivity contribution in [3.63, 3.8) is 0 Å². The Bertz CT molecular complexity index is 1080. The summed E-state index contributed by atoms with van der Waals surface area (Å²) in [4.78, 5) is 0.348. The van der Waals surface area contributed by atoms with E-state index in [1.54, 1.807) is 43.9 Å². The van der Waals surface area contributed by atoms with Crippen LogP contribution in [-0.2, 0) is 21.3 Å². The van der Waals surface area contributed by atoms with Crippen molar-refractivity contribution in [3.05, 3.63) is 34.4 Å². The predicted molar refractivity (Wildman–Crippen MR) is 106 cm³/mol. The molecule has 146 valence electrons. The van der Waals surface area contributed by atoms with E-state index in [4.69, 9.17) is 14.2 Å². The second-order valence-electron chi connectivity index (χ2n) is 5.38. The highest BCUT2D eigenvalue weighted by Gasteiger charge is 2.19. The first kappa shape index (κ1) is 19.9. The zero-order valence-corrected chi connectivity index (χ0v) is 17.6. The molecule has 0 N–H and O–H groups in total. The molecular weight excluding hydrogens is 408 g/mol. The van der Waals surface area contributed by atoms with Gasteiger partial charge in [-0.15, -0.1) is 15.7 Å². The van der Waals surface area contributed by atoms with E-state index in [1.165, 1.54) is 11.3 Å². The van der Waals surface area contributed by atoms with Crippen LogP contribution in [0.25, 0.3) is 10.2 Å². The van der Waals surface area contributed by atoms with Gasteiger partial charge in [0.05, 0.1) is 20.8 Å². The third-order valence-corrected chi connectivity index (χ3v) is 7.65. The summed E-state index contributed by atoms with van der Waals surface area (Å²) in [6.45, 7) is 3.35. The summed E-state index contributed by atoms with van der Waals surface area (Å²) in [7, 11) is -0.651. The van der Waals surface area contributed by atoms with E-state index in [2.05, 4.69) is 4.40 Å². The fraction of sp³-hybridized carbons (Fsp3) is 0.353. The molecule has 3 aromatic rings. The Kier molecular flexibility index (Phi) is 6.20. The fourth-order valence-electron chi connectivity index (χ4n) is 2.59. The number of aromatic nitrogens is 1. The van der Waals surface area contributed by atoms with Crippen LogP contribution in [0.5, 0.6) is 11.5 Å². The van der Waals surface area contributed by atoms with Crippen LogP contribution >= 0.6 is 22.7 Å². The summed E-state index contributed by atoms with van der Waals surface area (Å²) >= 11 is 2.39. The van der Waals surface area contributed by atoms with Gasteiger partial charge in [-0.2, -0.15) is 8.42 Å². The number of sulfonamides is 1. The molecule has 0 spiro atoms. The molecule has 2 heterocycles. The van der Waals surface area contributed by atoms with Crippen molar-refractivity contribution in [2.75, 3.05) is 27.4 Å². The van der Waals surface area contributed by atoms with Gasteiger partial charge in [-0.1, -0.05) is 17.4 Å². The van der Waals surface area contributed by atoms with Gasteiger partial charge in [0.2, 0.25) is 4.80 Å². The molecule has 0 saturated heterocycles. The molecule has 0 fully saturated rings. The molecule has 10 heteroatoms. The Hall–Kier alpha value is -1.88. The minimum absolute atomic E-state index is 0.204. The lowest BCUT2D eigenvalue weighted by molar-refractivity contribution is 0.139. The Morgan fingerprint density at radius 3 is 2.52 bits per heavy atom. The van der Waals surface area contributed by atoms with Crippen molar-refractivity contribution in [3.8, 4) is 11.5 Å². The lowest BCUT2D eigenvalue weighted by Crippen LogP contribution is -2.20. The molecule has 0 aliphatic rings. The average Bonchev–Trinajstić information content (AvgIpc) is 3.30. The third-order valence-electron chi connectivity index (χ3n) is 3.80. The second kappa shape index (κ2) is 8.42. The van der Waals surface area contributed by atoms with Crippen molar-refractivity contribution < 1.29 is 22.6 Å². The first-order valence-corrected chi connectivity index (χ1v) is 11.3. The molecule has 0 saturated carbocycles. The minimum Gasteiger partial charge on any atom is -0.495 e. The molecule has 0 bridgehead atoms. The SMILES string of the molecule is CCOCCn1c(=NS(=O)(=O)c2cccs2)sc2c(OC)ccc(OC)c21. The number of fused-ring (bicyclic) bond motifs is 1. The van der Waals surface area contributed by atoms with E-state index in [9.17, 15) is 8.42 Å². The van der Waals surface area contributed by atoms with Crippen LogP contribution in [0, 0.1) is 0 Å². The van der Waals surface area contributed by atoms with E-state index < -0.39 is 10.0 Å². The molecule has 3 rings (SSSR count). The first-order chi connectivity index (χ1) is 13.0. The Labute approximate surface area is 165 Å². The van der Waals surface area contributed by atoms with E-state index in [-0.39, 0.29) is 4.21 Å². The van der Waals surface area contributed by atoms with E-state index in [0.29, 0.717) is 36.1 Å². The highest BCUT2D eigenvalue weighted by Crippen LogP contribution is 2.35. The summed E-state index contributed by atoms with van der Waals surface area (Å²) in [6.07, 6.45) is 0. The number of hydrogen-bond donors (Lipinski definition) is 0. The molecule has 0 aliphatic heterocycles. The molecule has 0 unspecified atom stereocenters. The standard InChI is InChI=1S/C17H20N2O5S3/c1-4-24-10-9-19-15-12(22-2)7-8-13(23-3)16(15)26-17(19)18-27(20,21)14-6-5-11-25-14/h5-8,11H,4,9-10H2,1-3H3. The number of ether oxygens (including phenoxy) is 3. The van der Waals surface area contributed by atoms with Crippen LogP contribution in [0.3, 0.4) is 0 Å². The zero-order valence-electron chi connectivity index (χ0n) is 15.2. The van der Waals surface area contributed by atoms with Gasteiger partial charge in [0.25, 0.3) is 10.0 Å². The van der Waals surface area contributed by atoms with Crippen molar-refractivity contribution in [2.45, 2.75) is 17.7 Å². The highest BCUT2D eigenvalue weighted by molar-refractivity contribution is 7.92. The van der Waals surface area contributed by atoms with Gasteiger partial charge in [-0.25, -0.2) is 0 Å². The second-order valence-corrected chi connectivity index (χ2v) is 9.14. The number of methoxy groups -OCH3 is 2.